The van der Waals surface area contributed by atoms with Crippen molar-refractivity contribution in [2.75, 3.05) is 13.1 Å². The number of hydrogen-bond acceptors (Lipinski definition) is 8. The number of rotatable bonds is 5. The summed E-state index contributed by atoms with van der Waals surface area (Å²) in [6, 6.07) is 6.01. The van der Waals surface area contributed by atoms with Crippen molar-refractivity contribution in [3.63, 3.8) is 0 Å². The summed E-state index contributed by atoms with van der Waals surface area (Å²) in [7, 11) is 0. The van der Waals surface area contributed by atoms with E-state index in [1.54, 1.807) is 31.7 Å². The van der Waals surface area contributed by atoms with Crippen LogP contribution in [0.25, 0.3) is 10.2 Å². The molecule has 1 saturated heterocycles. The molecule has 1 aromatic carbocycles. The summed E-state index contributed by atoms with van der Waals surface area (Å²) in [4.78, 5) is 41.4. The lowest BCUT2D eigenvalue weighted by atomic mass is 10.2. The average Bonchev–Trinajstić information content (AvgIpc) is 3.41. The average molecular weight is 503 g/mol. The molecule has 3 heterocycles. The number of nitrogens with one attached hydrogen (secondary N) is 1. The number of amides is 2. The van der Waals surface area contributed by atoms with Crippen molar-refractivity contribution < 1.29 is 28.4 Å². The van der Waals surface area contributed by atoms with Gasteiger partial charge in [-0.25, -0.2) is 9.18 Å². The third-order valence-electron chi connectivity index (χ3n) is 5.12. The van der Waals surface area contributed by atoms with Crippen molar-refractivity contribution in [2.45, 2.75) is 38.8 Å². The first-order chi connectivity index (χ1) is 16.5. The third kappa shape index (κ3) is 5.65. The van der Waals surface area contributed by atoms with Gasteiger partial charge in [-0.15, -0.1) is 11.3 Å². The largest absolute Gasteiger partial charge is 0.453 e. The van der Waals surface area contributed by atoms with Gasteiger partial charge in [0.05, 0.1) is 26.1 Å². The highest BCUT2D eigenvalue weighted by Crippen LogP contribution is 2.36. The molecule has 0 saturated carbocycles. The van der Waals surface area contributed by atoms with Crippen molar-refractivity contribution in [2.24, 2.45) is 0 Å². The van der Waals surface area contributed by atoms with Crippen molar-refractivity contribution in [3.8, 4) is 11.5 Å². The molecule has 2 aromatic heterocycles. The van der Waals surface area contributed by atoms with E-state index in [4.69, 9.17) is 9.47 Å². The third-order valence-corrected chi connectivity index (χ3v) is 6.26. The summed E-state index contributed by atoms with van der Waals surface area (Å²) in [5.41, 5.74) is -0.497. The fourth-order valence-corrected chi connectivity index (χ4v) is 4.51. The Morgan fingerprint density at radius 3 is 2.71 bits per heavy atom. The Morgan fingerprint density at radius 1 is 1.26 bits per heavy atom. The zero-order chi connectivity index (χ0) is 25.3. The topological polar surface area (TPSA) is 124 Å². The van der Waals surface area contributed by atoms with Crippen LogP contribution in [-0.4, -0.2) is 51.5 Å². The zero-order valence-corrected chi connectivity index (χ0v) is 20.1. The maximum Gasteiger partial charge on any atom is 0.410 e. The monoisotopic (exact) mass is 502 g/mol. The molecule has 4 rings (SSSR count). The smallest absolute Gasteiger partial charge is 0.410 e. The van der Waals surface area contributed by atoms with Crippen LogP contribution >= 0.6 is 11.3 Å². The standard InChI is InChI=1S/C23H23FN4O6S/c1-23(2,3)34-22(30)27-9-7-13(12-27)26-21(29)19-11-16-20(35-19)18(6-8-25-16)33-17-5-4-14(28(31)32)10-15(17)24/h4-6,8,10-11,13H,7,9,12H2,1-3H3,(H,26,29). The van der Waals surface area contributed by atoms with Crippen LogP contribution in [0.5, 0.6) is 11.5 Å². The Kier molecular flexibility index (Phi) is 6.57. The van der Waals surface area contributed by atoms with Crippen molar-refractivity contribution in [1.29, 1.82) is 0 Å². The molecule has 35 heavy (non-hydrogen) atoms. The van der Waals surface area contributed by atoms with E-state index in [9.17, 15) is 24.1 Å². The Bertz CT molecular complexity index is 1300. The highest BCUT2D eigenvalue weighted by Gasteiger charge is 2.31. The van der Waals surface area contributed by atoms with Gasteiger partial charge in [0.2, 0.25) is 0 Å². The lowest BCUT2D eigenvalue weighted by Gasteiger charge is -2.24. The van der Waals surface area contributed by atoms with E-state index in [1.165, 1.54) is 18.3 Å². The molecule has 0 bridgehead atoms. The predicted octanol–water partition coefficient (Wildman–Crippen LogP) is 4.88. The number of hydrogen-bond donors (Lipinski definition) is 1. The molecule has 1 atom stereocenters. The van der Waals surface area contributed by atoms with Gasteiger partial charge in [-0.05, 0) is 39.3 Å². The Labute approximate surface area is 203 Å². The quantitative estimate of drug-likeness (QED) is 0.390. The maximum absolute atomic E-state index is 14.3. The number of carbonyl (C=O) groups excluding carboxylic acids is 2. The lowest BCUT2D eigenvalue weighted by molar-refractivity contribution is -0.385. The predicted molar refractivity (Wildman–Crippen MR) is 126 cm³/mol. The van der Waals surface area contributed by atoms with Gasteiger partial charge in [0.1, 0.15) is 11.4 Å². The maximum atomic E-state index is 14.3. The molecule has 184 valence electrons. The number of likely N-dealkylation sites (tertiary alicyclic amines) is 1. The first-order valence-electron chi connectivity index (χ1n) is 10.8. The molecule has 1 aliphatic rings. The normalized spacial score (nSPS) is 15.8. The van der Waals surface area contributed by atoms with E-state index < -0.39 is 22.4 Å². The highest BCUT2D eigenvalue weighted by molar-refractivity contribution is 7.21. The van der Waals surface area contributed by atoms with Crippen LogP contribution in [0.4, 0.5) is 14.9 Å². The van der Waals surface area contributed by atoms with Crippen LogP contribution < -0.4 is 10.1 Å². The molecule has 1 fully saturated rings. The number of nitrogens with zero attached hydrogens (tertiary/aromatic N) is 3. The Morgan fingerprint density at radius 2 is 2.03 bits per heavy atom. The van der Waals surface area contributed by atoms with Crippen LogP contribution in [0, 0.1) is 15.9 Å². The van der Waals surface area contributed by atoms with E-state index >= 15 is 0 Å². The summed E-state index contributed by atoms with van der Waals surface area (Å²) in [6.45, 7) is 6.21. The van der Waals surface area contributed by atoms with Crippen LogP contribution in [0.2, 0.25) is 0 Å². The highest BCUT2D eigenvalue weighted by atomic mass is 32.1. The number of nitro groups is 1. The van der Waals surface area contributed by atoms with E-state index in [0.717, 1.165) is 23.5 Å². The van der Waals surface area contributed by atoms with Crippen molar-refractivity contribution in [3.05, 3.63) is 57.3 Å². The number of pyridine rings is 1. The van der Waals surface area contributed by atoms with E-state index in [-0.39, 0.29) is 29.1 Å². The van der Waals surface area contributed by atoms with Gasteiger partial charge >= 0.3 is 6.09 Å². The number of nitro benzene ring substituents is 1. The van der Waals surface area contributed by atoms with Gasteiger partial charge < -0.3 is 19.7 Å². The number of carbonyl (C=O) groups is 2. The fourth-order valence-electron chi connectivity index (χ4n) is 3.54. The molecule has 1 aliphatic heterocycles. The van der Waals surface area contributed by atoms with E-state index in [1.807, 2.05) is 0 Å². The van der Waals surface area contributed by atoms with E-state index in [0.29, 0.717) is 34.6 Å². The summed E-state index contributed by atoms with van der Waals surface area (Å²) in [5.74, 6) is -1.12. The Hall–Kier alpha value is -3.80. The minimum atomic E-state index is -0.880. The number of thiophene rings is 1. The molecule has 1 N–H and O–H groups in total. The second-order valence-electron chi connectivity index (χ2n) is 8.99. The van der Waals surface area contributed by atoms with Crippen LogP contribution in [0.15, 0.2) is 36.5 Å². The SMILES string of the molecule is CC(C)(C)OC(=O)N1CCC(NC(=O)c2cc3nccc(Oc4ccc([N+](=O)[O-])cc4F)c3s2)C1. The summed E-state index contributed by atoms with van der Waals surface area (Å²) < 4.78 is 25.8. The molecule has 2 amide bonds. The lowest BCUT2D eigenvalue weighted by Crippen LogP contribution is -2.40. The molecular formula is C23H23FN4O6S. The Balaban J connectivity index is 1.46. The first kappa shape index (κ1) is 24.3. The molecular weight excluding hydrogens is 479 g/mol. The van der Waals surface area contributed by atoms with Crippen molar-refractivity contribution in [1.82, 2.24) is 15.2 Å². The molecule has 0 radical (unpaired) electrons. The van der Waals surface area contributed by atoms with E-state index in [2.05, 4.69) is 10.3 Å². The zero-order valence-electron chi connectivity index (χ0n) is 19.2. The number of ether oxygens (including phenoxy) is 2. The van der Waals surface area contributed by atoms with Gasteiger partial charge in [-0.1, -0.05) is 0 Å². The van der Waals surface area contributed by atoms with Gasteiger partial charge in [-0.2, -0.15) is 0 Å². The summed E-state index contributed by atoms with van der Waals surface area (Å²) >= 11 is 1.13. The van der Waals surface area contributed by atoms with Crippen molar-refractivity contribution >= 4 is 39.2 Å². The first-order valence-corrected chi connectivity index (χ1v) is 11.6. The molecule has 0 spiro atoms. The molecule has 10 nitrogen and oxygen atoms in total. The number of fused-ring (bicyclic) bond motifs is 1. The summed E-state index contributed by atoms with van der Waals surface area (Å²) in [5, 5.41) is 13.8. The van der Waals surface area contributed by atoms with Gasteiger partial charge in [-0.3, -0.25) is 19.9 Å². The molecule has 12 heteroatoms. The number of halogens is 1. The van der Waals surface area contributed by atoms with Crippen LogP contribution in [-0.2, 0) is 4.74 Å². The minimum Gasteiger partial charge on any atom is -0.453 e. The van der Waals surface area contributed by atoms with Crippen LogP contribution in [0.1, 0.15) is 36.9 Å². The van der Waals surface area contributed by atoms with Gasteiger partial charge in [0.25, 0.3) is 11.6 Å². The second-order valence-corrected chi connectivity index (χ2v) is 10.0. The summed E-state index contributed by atoms with van der Waals surface area (Å²) in [6.07, 6.45) is 1.65. The van der Waals surface area contributed by atoms with Gasteiger partial charge in [0.15, 0.2) is 11.6 Å². The number of benzene rings is 1. The second kappa shape index (κ2) is 9.45. The fraction of sp³-hybridized carbons (Fsp3) is 0.348. The minimum absolute atomic E-state index is 0.185. The number of aromatic nitrogens is 1. The molecule has 0 aliphatic carbocycles. The van der Waals surface area contributed by atoms with Crippen LogP contribution in [0.3, 0.4) is 0 Å². The molecule has 3 aromatic rings. The molecule has 1 unspecified atom stereocenters. The number of non-ortho nitro benzene ring substituents is 1. The van der Waals surface area contributed by atoms with Gasteiger partial charge in [0, 0.05) is 37.5 Å².